The number of cyclic esters (lactones) is 2. The summed E-state index contributed by atoms with van der Waals surface area (Å²) in [5, 5.41) is -0.192. The highest BCUT2D eigenvalue weighted by Gasteiger charge is 2.38. The van der Waals surface area contributed by atoms with Crippen LogP contribution in [0.1, 0.15) is 20.7 Å². The molecule has 80 valence electrons. The average Bonchev–Trinajstić information content (AvgIpc) is 2.80. The number of halogens is 2. The minimum absolute atomic E-state index is 0.192. The molecule has 6 heteroatoms. The number of furan rings is 1. The summed E-state index contributed by atoms with van der Waals surface area (Å²) >= 11 is 0. The van der Waals surface area contributed by atoms with E-state index in [2.05, 4.69) is 4.74 Å². The third-order valence-corrected chi connectivity index (χ3v) is 2.38. The van der Waals surface area contributed by atoms with Crippen molar-refractivity contribution in [2.75, 3.05) is 0 Å². The van der Waals surface area contributed by atoms with Crippen LogP contribution in [0.4, 0.5) is 8.78 Å². The second-order valence-electron chi connectivity index (χ2n) is 3.22. The van der Waals surface area contributed by atoms with Crippen LogP contribution in [-0.2, 0) is 4.74 Å². The second-order valence-corrected chi connectivity index (χ2v) is 3.22. The van der Waals surface area contributed by atoms with E-state index in [0.29, 0.717) is 0 Å². The average molecular weight is 224 g/mol. The van der Waals surface area contributed by atoms with Gasteiger partial charge in [-0.05, 0) is 6.07 Å². The van der Waals surface area contributed by atoms with E-state index >= 15 is 0 Å². The van der Waals surface area contributed by atoms with Crippen LogP contribution < -0.4 is 0 Å². The number of carbonyl (C=O) groups excluding carboxylic acids is 2. The van der Waals surface area contributed by atoms with Crippen molar-refractivity contribution in [2.45, 2.75) is 0 Å². The fourth-order valence-electron chi connectivity index (χ4n) is 1.69. The van der Waals surface area contributed by atoms with Crippen molar-refractivity contribution in [1.82, 2.24) is 0 Å². The largest absolute Gasteiger partial charge is 0.461 e. The van der Waals surface area contributed by atoms with Gasteiger partial charge in [0.2, 0.25) is 0 Å². The first-order chi connectivity index (χ1) is 7.61. The number of hydrogen-bond donors (Lipinski definition) is 0. The van der Waals surface area contributed by atoms with E-state index in [4.69, 9.17) is 4.42 Å². The molecule has 1 aliphatic heterocycles. The van der Waals surface area contributed by atoms with Gasteiger partial charge >= 0.3 is 11.9 Å². The molecule has 1 aromatic heterocycles. The van der Waals surface area contributed by atoms with E-state index in [-0.39, 0.29) is 5.39 Å². The Morgan fingerprint density at radius 3 is 2.31 bits per heavy atom. The van der Waals surface area contributed by atoms with Crippen LogP contribution in [0.15, 0.2) is 16.7 Å². The van der Waals surface area contributed by atoms with Crippen LogP contribution >= 0.6 is 0 Å². The van der Waals surface area contributed by atoms with E-state index < -0.39 is 40.3 Å². The van der Waals surface area contributed by atoms with Gasteiger partial charge in [0.1, 0.15) is 16.9 Å². The van der Waals surface area contributed by atoms with Crippen LogP contribution in [0, 0.1) is 11.6 Å². The standard InChI is InChI=1S/C10H2F2O4/c11-6-3-1-2-15-8(3)7(12)5-4(6)9(13)16-10(5)14/h1-2H. The van der Waals surface area contributed by atoms with Gasteiger partial charge in [-0.2, -0.15) is 0 Å². The zero-order valence-corrected chi connectivity index (χ0v) is 7.54. The van der Waals surface area contributed by atoms with Gasteiger partial charge in [0.05, 0.1) is 11.6 Å². The Hall–Kier alpha value is -2.24. The van der Waals surface area contributed by atoms with E-state index in [9.17, 15) is 18.4 Å². The Bertz CT molecular complexity index is 602. The fraction of sp³-hybridized carbons (Fsp3) is 0. The summed E-state index contributed by atoms with van der Waals surface area (Å²) < 4.78 is 36.3. The molecule has 0 radical (unpaired) electrons. The van der Waals surface area contributed by atoms with Gasteiger partial charge in [-0.1, -0.05) is 0 Å². The molecule has 0 saturated carbocycles. The molecule has 0 bridgehead atoms. The Morgan fingerprint density at radius 1 is 1.00 bits per heavy atom. The number of ether oxygens (including phenoxy) is 1. The summed E-state index contributed by atoms with van der Waals surface area (Å²) in [6.07, 6.45) is 1.07. The molecular weight excluding hydrogens is 222 g/mol. The number of esters is 2. The number of hydrogen-bond acceptors (Lipinski definition) is 4. The minimum Gasteiger partial charge on any atom is -0.461 e. The maximum absolute atomic E-state index is 13.7. The molecule has 0 fully saturated rings. The van der Waals surface area contributed by atoms with E-state index in [1.807, 2.05) is 0 Å². The predicted molar refractivity (Wildman–Crippen MR) is 45.9 cm³/mol. The van der Waals surface area contributed by atoms with Crippen molar-refractivity contribution in [3.8, 4) is 0 Å². The van der Waals surface area contributed by atoms with Crippen LogP contribution in [0.5, 0.6) is 0 Å². The van der Waals surface area contributed by atoms with Gasteiger partial charge in [-0.25, -0.2) is 18.4 Å². The molecule has 1 aliphatic rings. The highest BCUT2D eigenvalue weighted by Crippen LogP contribution is 2.33. The molecule has 0 saturated heterocycles. The summed E-state index contributed by atoms with van der Waals surface area (Å²) in [6, 6.07) is 1.17. The lowest BCUT2D eigenvalue weighted by molar-refractivity contribution is 0.0441. The van der Waals surface area contributed by atoms with Crippen molar-refractivity contribution in [1.29, 1.82) is 0 Å². The lowest BCUT2D eigenvalue weighted by atomic mass is 10.1. The van der Waals surface area contributed by atoms with Gasteiger partial charge in [0, 0.05) is 0 Å². The van der Waals surface area contributed by atoms with Crippen molar-refractivity contribution in [3.05, 3.63) is 35.1 Å². The summed E-state index contributed by atoms with van der Waals surface area (Å²) in [4.78, 5) is 22.3. The summed E-state index contributed by atoms with van der Waals surface area (Å²) in [7, 11) is 0. The van der Waals surface area contributed by atoms with Crippen molar-refractivity contribution >= 4 is 22.9 Å². The van der Waals surface area contributed by atoms with Gasteiger partial charge < -0.3 is 9.15 Å². The predicted octanol–water partition coefficient (Wildman–Crippen LogP) is 2.02. The first-order valence-electron chi connectivity index (χ1n) is 4.26. The second kappa shape index (κ2) is 2.66. The third-order valence-electron chi connectivity index (χ3n) is 2.38. The molecule has 0 atom stereocenters. The highest BCUT2D eigenvalue weighted by molar-refractivity contribution is 6.17. The van der Waals surface area contributed by atoms with Gasteiger partial charge in [-0.3, -0.25) is 0 Å². The quantitative estimate of drug-likeness (QED) is 0.507. The molecule has 0 aliphatic carbocycles. The molecule has 1 aromatic carbocycles. The third kappa shape index (κ3) is 0.861. The lowest BCUT2D eigenvalue weighted by Gasteiger charge is -1.98. The van der Waals surface area contributed by atoms with Gasteiger partial charge in [-0.15, -0.1) is 0 Å². The molecule has 0 N–H and O–H groups in total. The number of fused-ring (bicyclic) bond motifs is 2. The SMILES string of the molecule is O=C1OC(=O)c2c1c(F)c1ccoc1c2F. The minimum atomic E-state index is -1.20. The van der Waals surface area contributed by atoms with Crippen molar-refractivity contribution < 1.29 is 27.5 Å². The normalized spacial score (nSPS) is 14.4. The van der Waals surface area contributed by atoms with E-state index in [1.54, 1.807) is 0 Å². The van der Waals surface area contributed by atoms with Crippen LogP contribution in [0.2, 0.25) is 0 Å². The molecule has 0 spiro atoms. The number of benzene rings is 1. The topological polar surface area (TPSA) is 56.5 Å². The maximum Gasteiger partial charge on any atom is 0.350 e. The Labute approximate surface area is 86.4 Å². The van der Waals surface area contributed by atoms with Crippen LogP contribution in [0.3, 0.4) is 0 Å². The molecule has 3 rings (SSSR count). The van der Waals surface area contributed by atoms with Crippen LogP contribution in [-0.4, -0.2) is 11.9 Å². The maximum atomic E-state index is 13.7. The highest BCUT2D eigenvalue weighted by atomic mass is 19.1. The monoisotopic (exact) mass is 224 g/mol. The van der Waals surface area contributed by atoms with E-state index in [0.717, 1.165) is 6.26 Å². The van der Waals surface area contributed by atoms with Crippen molar-refractivity contribution in [2.24, 2.45) is 0 Å². The van der Waals surface area contributed by atoms with Gasteiger partial charge in [0.25, 0.3) is 0 Å². The smallest absolute Gasteiger partial charge is 0.350 e. The van der Waals surface area contributed by atoms with Crippen LogP contribution in [0.25, 0.3) is 11.0 Å². The molecule has 0 unspecified atom stereocenters. The first-order valence-corrected chi connectivity index (χ1v) is 4.26. The first kappa shape index (κ1) is 9.02. The number of carbonyl (C=O) groups is 2. The van der Waals surface area contributed by atoms with Crippen molar-refractivity contribution in [3.63, 3.8) is 0 Å². The molecule has 0 amide bonds. The van der Waals surface area contributed by atoms with E-state index in [1.165, 1.54) is 6.07 Å². The Balaban J connectivity index is 2.58. The zero-order chi connectivity index (χ0) is 11.4. The molecule has 2 heterocycles. The molecule has 4 nitrogen and oxygen atoms in total. The molecule has 16 heavy (non-hydrogen) atoms. The molecular formula is C10H2F2O4. The summed E-state index contributed by atoms with van der Waals surface area (Å²) in [6.45, 7) is 0. The Kier molecular flexibility index (Phi) is 1.50. The lowest BCUT2D eigenvalue weighted by Crippen LogP contribution is -2.00. The summed E-state index contributed by atoms with van der Waals surface area (Å²) in [5.74, 6) is -4.46. The zero-order valence-electron chi connectivity index (χ0n) is 7.54. The number of rotatable bonds is 0. The Morgan fingerprint density at radius 2 is 1.62 bits per heavy atom. The fourth-order valence-corrected chi connectivity index (χ4v) is 1.69. The summed E-state index contributed by atoms with van der Waals surface area (Å²) in [5.41, 5.74) is -1.77. The molecule has 2 aromatic rings. The van der Waals surface area contributed by atoms with Gasteiger partial charge in [0.15, 0.2) is 11.4 Å².